The zero-order valence-electron chi connectivity index (χ0n) is 27.5. The Bertz CT molecular complexity index is 1310. The van der Waals surface area contributed by atoms with E-state index in [1.807, 2.05) is 11.8 Å². The van der Waals surface area contributed by atoms with Gasteiger partial charge in [-0.15, -0.1) is 0 Å². The maximum absolute atomic E-state index is 2.39. The van der Waals surface area contributed by atoms with Crippen molar-refractivity contribution >= 4 is 11.8 Å². The minimum absolute atomic E-state index is 0.111. The summed E-state index contributed by atoms with van der Waals surface area (Å²) < 4.78 is 0. The van der Waals surface area contributed by atoms with Crippen LogP contribution in [0.1, 0.15) is 105 Å². The summed E-state index contributed by atoms with van der Waals surface area (Å²) in [6.45, 7) is 27.6. The van der Waals surface area contributed by atoms with Crippen molar-refractivity contribution in [1.82, 2.24) is 0 Å². The minimum atomic E-state index is 0.111. The Morgan fingerprint density at radius 1 is 0.317 bits per heavy atom. The molecule has 0 fully saturated rings. The largest absolute Gasteiger partial charge is 0.0901 e. The van der Waals surface area contributed by atoms with Crippen LogP contribution in [0.15, 0.2) is 94.7 Å². The molecule has 0 spiro atoms. The van der Waals surface area contributed by atoms with Crippen LogP contribution in [0.4, 0.5) is 0 Å². The van der Waals surface area contributed by atoms with Crippen molar-refractivity contribution in [2.24, 2.45) is 0 Å². The molecule has 0 bridgehead atoms. The van der Waals surface area contributed by atoms with Gasteiger partial charge in [-0.3, -0.25) is 0 Å². The first-order valence-electron chi connectivity index (χ1n) is 15.0. The van der Waals surface area contributed by atoms with E-state index in [4.69, 9.17) is 0 Å². The van der Waals surface area contributed by atoms with Crippen LogP contribution >= 0.6 is 11.8 Å². The van der Waals surface area contributed by atoms with E-state index < -0.39 is 0 Å². The third-order valence-corrected chi connectivity index (χ3v) is 8.96. The van der Waals surface area contributed by atoms with E-state index in [9.17, 15) is 0 Å². The molecule has 0 amide bonds. The van der Waals surface area contributed by atoms with Crippen LogP contribution < -0.4 is 0 Å². The first-order valence-corrected chi connectivity index (χ1v) is 15.8. The van der Waals surface area contributed by atoms with Gasteiger partial charge in [0.25, 0.3) is 0 Å². The zero-order chi connectivity index (χ0) is 30.4. The fraction of sp³-hybridized carbons (Fsp3) is 0.400. The topological polar surface area (TPSA) is 0 Å². The van der Waals surface area contributed by atoms with Crippen molar-refractivity contribution in [3.8, 4) is 22.3 Å². The molecule has 0 saturated heterocycles. The summed E-state index contributed by atoms with van der Waals surface area (Å²) in [5, 5.41) is 0. The molecule has 0 atom stereocenters. The average molecular weight is 563 g/mol. The smallest absolute Gasteiger partial charge is 0.0122 e. The number of rotatable bonds is 4. The Kier molecular flexibility index (Phi) is 8.47. The highest BCUT2D eigenvalue weighted by Gasteiger charge is 2.22. The number of benzene rings is 4. The quantitative estimate of drug-likeness (QED) is 0.238. The van der Waals surface area contributed by atoms with Crippen LogP contribution in [0.5, 0.6) is 0 Å². The Labute approximate surface area is 255 Å². The summed E-state index contributed by atoms with van der Waals surface area (Å²) in [4.78, 5) is 2.52. The van der Waals surface area contributed by atoms with Crippen molar-refractivity contribution < 1.29 is 0 Å². The predicted octanol–water partition coefficient (Wildman–Crippen LogP) is 12.4. The standard InChI is InChI=1S/C40H50S/c1-37(2,3)31-21-29(22-32(25-31)38(4,5)6)27-13-17-35(18-14-27)41-36-19-15-28(16-20-36)30-23-33(39(7,8)9)26-34(24-30)40(10,11)12/h13-26H,1-12H3. The van der Waals surface area contributed by atoms with Crippen molar-refractivity contribution in [2.45, 2.75) is 115 Å². The molecule has 41 heavy (non-hydrogen) atoms. The van der Waals surface area contributed by atoms with Crippen molar-refractivity contribution in [1.29, 1.82) is 0 Å². The Balaban J connectivity index is 1.58. The first-order chi connectivity index (χ1) is 18.8. The molecule has 0 aromatic heterocycles. The molecule has 4 aromatic carbocycles. The van der Waals surface area contributed by atoms with Gasteiger partial charge >= 0.3 is 0 Å². The van der Waals surface area contributed by atoms with Gasteiger partial charge in [0.05, 0.1) is 0 Å². The Morgan fingerprint density at radius 2 is 0.561 bits per heavy atom. The highest BCUT2D eigenvalue weighted by molar-refractivity contribution is 7.99. The fourth-order valence-electron chi connectivity index (χ4n) is 4.89. The third-order valence-electron chi connectivity index (χ3n) is 7.94. The Hall–Kier alpha value is -2.77. The molecular formula is C40H50S. The molecule has 4 aromatic rings. The summed E-state index contributed by atoms with van der Waals surface area (Å²) in [6, 6.07) is 32.4. The lowest BCUT2D eigenvalue weighted by atomic mass is 9.79. The van der Waals surface area contributed by atoms with E-state index >= 15 is 0 Å². The van der Waals surface area contributed by atoms with Gasteiger partial charge in [-0.25, -0.2) is 0 Å². The zero-order valence-corrected chi connectivity index (χ0v) is 28.3. The molecular weight excluding hydrogens is 513 g/mol. The van der Waals surface area contributed by atoms with Crippen LogP contribution in [0.3, 0.4) is 0 Å². The van der Waals surface area contributed by atoms with Crippen LogP contribution in [-0.4, -0.2) is 0 Å². The summed E-state index contributed by atoms with van der Waals surface area (Å²) in [5.41, 5.74) is 11.2. The second-order valence-corrected chi connectivity index (χ2v) is 16.9. The molecule has 0 radical (unpaired) electrons. The molecule has 0 aliphatic heterocycles. The summed E-state index contributed by atoms with van der Waals surface area (Å²) in [7, 11) is 0. The maximum Gasteiger partial charge on any atom is 0.0122 e. The molecule has 0 saturated carbocycles. The van der Waals surface area contributed by atoms with Gasteiger partial charge < -0.3 is 0 Å². The minimum Gasteiger partial charge on any atom is -0.0901 e. The molecule has 0 nitrogen and oxygen atoms in total. The summed E-state index contributed by atoms with van der Waals surface area (Å²) in [5.74, 6) is 0. The fourth-order valence-corrected chi connectivity index (χ4v) is 5.70. The molecule has 1 heteroatoms. The SMILES string of the molecule is CC(C)(C)c1cc(-c2ccc(Sc3ccc(-c4cc(C(C)(C)C)cc(C(C)(C)C)c4)cc3)cc2)cc(C(C)(C)C)c1. The molecule has 0 aliphatic carbocycles. The van der Waals surface area contributed by atoms with Gasteiger partial charge in [-0.1, -0.05) is 156 Å². The molecule has 0 heterocycles. The van der Waals surface area contributed by atoms with Crippen molar-refractivity contribution in [3.63, 3.8) is 0 Å². The Morgan fingerprint density at radius 3 is 0.780 bits per heavy atom. The summed E-state index contributed by atoms with van der Waals surface area (Å²) in [6.07, 6.45) is 0. The van der Waals surface area contributed by atoms with Crippen LogP contribution in [0.2, 0.25) is 0 Å². The third kappa shape index (κ3) is 7.75. The van der Waals surface area contributed by atoms with E-state index in [1.54, 1.807) is 0 Å². The molecule has 216 valence electrons. The highest BCUT2D eigenvalue weighted by atomic mass is 32.2. The molecule has 0 N–H and O–H groups in total. The van der Waals surface area contributed by atoms with Gasteiger partial charge in [-0.2, -0.15) is 0 Å². The number of hydrogen-bond donors (Lipinski definition) is 0. The highest BCUT2D eigenvalue weighted by Crippen LogP contribution is 2.37. The lowest BCUT2D eigenvalue weighted by molar-refractivity contribution is 0.568. The lowest BCUT2D eigenvalue weighted by Gasteiger charge is -2.26. The molecule has 0 aliphatic rings. The van der Waals surface area contributed by atoms with E-state index in [1.165, 1.54) is 54.3 Å². The van der Waals surface area contributed by atoms with Crippen LogP contribution in [-0.2, 0) is 21.7 Å². The second kappa shape index (κ2) is 11.1. The first kappa shape index (κ1) is 31.2. The van der Waals surface area contributed by atoms with E-state index in [0.29, 0.717) is 0 Å². The van der Waals surface area contributed by atoms with Crippen LogP contribution in [0, 0.1) is 0 Å². The van der Waals surface area contributed by atoms with Crippen LogP contribution in [0.25, 0.3) is 22.3 Å². The molecule has 4 rings (SSSR count). The predicted molar refractivity (Wildman–Crippen MR) is 183 cm³/mol. The van der Waals surface area contributed by atoms with Gasteiger partial charge in [-0.05, 0) is 90.4 Å². The van der Waals surface area contributed by atoms with Gasteiger partial charge in [0.15, 0.2) is 0 Å². The average Bonchev–Trinajstić information content (AvgIpc) is 2.87. The van der Waals surface area contributed by atoms with Gasteiger partial charge in [0.1, 0.15) is 0 Å². The monoisotopic (exact) mass is 562 g/mol. The van der Waals surface area contributed by atoms with Crippen molar-refractivity contribution in [3.05, 3.63) is 107 Å². The van der Waals surface area contributed by atoms with Gasteiger partial charge in [0.2, 0.25) is 0 Å². The van der Waals surface area contributed by atoms with E-state index in [2.05, 4.69) is 168 Å². The summed E-state index contributed by atoms with van der Waals surface area (Å²) >= 11 is 1.83. The second-order valence-electron chi connectivity index (χ2n) is 15.7. The maximum atomic E-state index is 2.39. The van der Waals surface area contributed by atoms with Gasteiger partial charge in [0, 0.05) is 9.79 Å². The molecule has 0 unspecified atom stereocenters. The van der Waals surface area contributed by atoms with E-state index in [-0.39, 0.29) is 21.7 Å². The lowest BCUT2D eigenvalue weighted by Crippen LogP contribution is -2.16. The van der Waals surface area contributed by atoms with Crippen molar-refractivity contribution in [2.75, 3.05) is 0 Å². The number of hydrogen-bond acceptors (Lipinski definition) is 1. The van der Waals surface area contributed by atoms with E-state index in [0.717, 1.165) is 0 Å². The normalized spacial score (nSPS) is 13.0.